The number of anilines is 2. The Morgan fingerprint density at radius 1 is 1.44 bits per heavy atom. The molecule has 0 saturated heterocycles. The second-order valence-corrected chi connectivity index (χ2v) is 5.99. The highest BCUT2D eigenvalue weighted by Crippen LogP contribution is 2.38. The van der Waals surface area contributed by atoms with Crippen molar-refractivity contribution in [3.8, 4) is 0 Å². The van der Waals surface area contributed by atoms with Crippen molar-refractivity contribution in [1.29, 1.82) is 0 Å². The highest BCUT2D eigenvalue weighted by Gasteiger charge is 2.31. The third kappa shape index (κ3) is 2.15. The molecule has 1 fully saturated rings. The Kier molecular flexibility index (Phi) is 2.47. The lowest BCUT2D eigenvalue weighted by Crippen LogP contribution is -2.17. The van der Waals surface area contributed by atoms with Crippen LogP contribution in [0, 0.1) is 5.41 Å². The molecule has 3 rings (SSSR count). The second kappa shape index (κ2) is 3.90. The van der Waals surface area contributed by atoms with Crippen LogP contribution in [0.2, 0.25) is 0 Å². The zero-order valence-electron chi connectivity index (χ0n) is 10.9. The zero-order chi connectivity index (χ0) is 12.8. The average Bonchev–Trinajstić information content (AvgIpc) is 2.81. The summed E-state index contributed by atoms with van der Waals surface area (Å²) in [6.07, 6.45) is 3.58. The first-order valence-corrected chi connectivity index (χ1v) is 6.44. The van der Waals surface area contributed by atoms with Gasteiger partial charge in [-0.15, -0.1) is 0 Å². The van der Waals surface area contributed by atoms with Crippen LogP contribution in [0.25, 0.3) is 11.1 Å². The Hall–Kier alpha value is -1.71. The average molecular weight is 245 g/mol. The molecular formula is C14H19N3O. The first-order valence-electron chi connectivity index (χ1n) is 6.44. The number of nitrogens with one attached hydrogen (secondary N) is 1. The van der Waals surface area contributed by atoms with Gasteiger partial charge < -0.3 is 15.5 Å². The quantitative estimate of drug-likeness (QED) is 0.796. The van der Waals surface area contributed by atoms with Crippen molar-refractivity contribution in [2.45, 2.75) is 39.2 Å². The first kappa shape index (κ1) is 11.4. The largest absolute Gasteiger partial charge is 0.424 e. The predicted molar refractivity (Wildman–Crippen MR) is 73.5 cm³/mol. The smallest absolute Gasteiger partial charge is 0.295 e. The molecule has 3 N–H and O–H groups in total. The van der Waals surface area contributed by atoms with Crippen LogP contribution in [-0.4, -0.2) is 11.0 Å². The van der Waals surface area contributed by atoms with Gasteiger partial charge in [0.25, 0.3) is 6.01 Å². The Labute approximate surface area is 107 Å². The summed E-state index contributed by atoms with van der Waals surface area (Å²) in [4.78, 5) is 4.43. The Morgan fingerprint density at radius 3 is 3.00 bits per heavy atom. The van der Waals surface area contributed by atoms with Gasteiger partial charge in [-0.2, -0.15) is 4.98 Å². The maximum Gasteiger partial charge on any atom is 0.295 e. The zero-order valence-corrected chi connectivity index (χ0v) is 10.9. The van der Waals surface area contributed by atoms with Gasteiger partial charge >= 0.3 is 0 Å². The molecule has 0 aliphatic heterocycles. The standard InChI is InChI=1S/C14H19N3O/c1-14(2)6-5-10(8-14)16-13-17-11-7-9(15)3-4-12(11)18-13/h3-4,7,10H,5-6,8,15H2,1-2H3,(H,16,17). The van der Waals surface area contributed by atoms with E-state index in [2.05, 4.69) is 24.1 Å². The molecule has 2 aromatic rings. The third-order valence-corrected chi connectivity index (χ3v) is 3.71. The topological polar surface area (TPSA) is 64.1 Å². The van der Waals surface area contributed by atoms with Crippen molar-refractivity contribution in [1.82, 2.24) is 4.98 Å². The molecule has 0 amide bonds. The summed E-state index contributed by atoms with van der Waals surface area (Å²) < 4.78 is 5.68. The molecule has 1 aliphatic rings. The normalized spacial score (nSPS) is 22.4. The van der Waals surface area contributed by atoms with Crippen LogP contribution in [0.3, 0.4) is 0 Å². The van der Waals surface area contributed by atoms with Gasteiger partial charge in [-0.1, -0.05) is 13.8 Å². The van der Waals surface area contributed by atoms with Gasteiger partial charge in [-0.05, 0) is 42.9 Å². The molecular weight excluding hydrogens is 226 g/mol. The lowest BCUT2D eigenvalue weighted by Gasteiger charge is -2.16. The fourth-order valence-electron chi connectivity index (χ4n) is 2.74. The number of hydrogen-bond donors (Lipinski definition) is 2. The van der Waals surface area contributed by atoms with E-state index in [0.29, 0.717) is 23.2 Å². The molecule has 1 aliphatic carbocycles. The molecule has 96 valence electrons. The molecule has 1 atom stereocenters. The molecule has 18 heavy (non-hydrogen) atoms. The SMILES string of the molecule is CC1(C)CCC(Nc2nc3cc(N)ccc3o2)C1. The van der Waals surface area contributed by atoms with Gasteiger partial charge in [-0.3, -0.25) is 0 Å². The van der Waals surface area contributed by atoms with E-state index in [0.717, 1.165) is 17.5 Å². The van der Waals surface area contributed by atoms with Gasteiger partial charge in [0.15, 0.2) is 5.58 Å². The number of benzene rings is 1. The summed E-state index contributed by atoms with van der Waals surface area (Å²) in [7, 11) is 0. The molecule has 4 heteroatoms. The van der Waals surface area contributed by atoms with Gasteiger partial charge in [0.05, 0.1) is 0 Å². The van der Waals surface area contributed by atoms with Crippen molar-refractivity contribution < 1.29 is 4.42 Å². The predicted octanol–water partition coefficient (Wildman–Crippen LogP) is 3.40. The van der Waals surface area contributed by atoms with Crippen LogP contribution < -0.4 is 11.1 Å². The molecule has 1 heterocycles. The van der Waals surface area contributed by atoms with Crippen molar-refractivity contribution in [2.75, 3.05) is 11.1 Å². The number of oxazole rings is 1. The summed E-state index contributed by atoms with van der Waals surface area (Å²) in [5, 5.41) is 3.39. The van der Waals surface area contributed by atoms with Crippen molar-refractivity contribution in [3.63, 3.8) is 0 Å². The highest BCUT2D eigenvalue weighted by atomic mass is 16.4. The van der Waals surface area contributed by atoms with E-state index in [9.17, 15) is 0 Å². The maximum absolute atomic E-state index is 5.73. The summed E-state index contributed by atoms with van der Waals surface area (Å²) in [5.41, 5.74) is 8.46. The van der Waals surface area contributed by atoms with Crippen LogP contribution in [0.1, 0.15) is 33.1 Å². The minimum absolute atomic E-state index is 0.425. The van der Waals surface area contributed by atoms with E-state index in [1.165, 1.54) is 12.8 Å². The van der Waals surface area contributed by atoms with Gasteiger partial charge in [0, 0.05) is 11.7 Å². The summed E-state index contributed by atoms with van der Waals surface area (Å²) >= 11 is 0. The van der Waals surface area contributed by atoms with E-state index in [-0.39, 0.29) is 0 Å². The molecule has 1 aromatic carbocycles. The Morgan fingerprint density at radius 2 is 2.28 bits per heavy atom. The molecule has 1 saturated carbocycles. The summed E-state index contributed by atoms with van der Waals surface area (Å²) in [6.45, 7) is 4.61. The van der Waals surface area contributed by atoms with E-state index < -0.39 is 0 Å². The lowest BCUT2D eigenvalue weighted by molar-refractivity contribution is 0.378. The number of fused-ring (bicyclic) bond motifs is 1. The molecule has 4 nitrogen and oxygen atoms in total. The summed E-state index contributed by atoms with van der Waals surface area (Å²) in [5.74, 6) is 0. The lowest BCUT2D eigenvalue weighted by atomic mass is 9.92. The maximum atomic E-state index is 5.73. The number of nitrogens with zero attached hydrogens (tertiary/aromatic N) is 1. The number of aromatic nitrogens is 1. The van der Waals surface area contributed by atoms with Crippen LogP contribution in [0.4, 0.5) is 11.7 Å². The van der Waals surface area contributed by atoms with Gasteiger partial charge in [0.1, 0.15) is 5.52 Å². The summed E-state index contributed by atoms with van der Waals surface area (Å²) in [6, 6.07) is 6.60. The highest BCUT2D eigenvalue weighted by molar-refractivity contribution is 5.78. The van der Waals surface area contributed by atoms with Crippen LogP contribution >= 0.6 is 0 Å². The number of nitrogens with two attached hydrogens (primary N) is 1. The number of rotatable bonds is 2. The van der Waals surface area contributed by atoms with Crippen LogP contribution in [0.5, 0.6) is 0 Å². The van der Waals surface area contributed by atoms with Gasteiger partial charge in [0.2, 0.25) is 0 Å². The van der Waals surface area contributed by atoms with Crippen molar-refractivity contribution >= 4 is 22.8 Å². The Balaban J connectivity index is 1.79. The third-order valence-electron chi connectivity index (χ3n) is 3.71. The minimum Gasteiger partial charge on any atom is -0.424 e. The van der Waals surface area contributed by atoms with E-state index >= 15 is 0 Å². The molecule has 0 radical (unpaired) electrons. The van der Waals surface area contributed by atoms with Crippen molar-refractivity contribution in [3.05, 3.63) is 18.2 Å². The molecule has 1 unspecified atom stereocenters. The van der Waals surface area contributed by atoms with Crippen molar-refractivity contribution in [2.24, 2.45) is 5.41 Å². The number of nitrogen functional groups attached to an aromatic ring is 1. The minimum atomic E-state index is 0.425. The molecule has 1 aromatic heterocycles. The van der Waals surface area contributed by atoms with E-state index in [4.69, 9.17) is 10.2 Å². The van der Waals surface area contributed by atoms with E-state index in [1.54, 1.807) is 0 Å². The fraction of sp³-hybridized carbons (Fsp3) is 0.500. The second-order valence-electron chi connectivity index (χ2n) is 5.99. The fourth-order valence-corrected chi connectivity index (χ4v) is 2.74. The van der Waals surface area contributed by atoms with Crippen LogP contribution in [-0.2, 0) is 0 Å². The Bertz CT molecular complexity index is 573. The van der Waals surface area contributed by atoms with Crippen LogP contribution in [0.15, 0.2) is 22.6 Å². The molecule has 0 spiro atoms. The number of hydrogen-bond acceptors (Lipinski definition) is 4. The first-order chi connectivity index (χ1) is 8.52. The monoisotopic (exact) mass is 245 g/mol. The van der Waals surface area contributed by atoms with E-state index in [1.807, 2.05) is 18.2 Å². The van der Waals surface area contributed by atoms with Gasteiger partial charge in [-0.25, -0.2) is 0 Å². The molecule has 0 bridgehead atoms.